The first kappa shape index (κ1) is 19.7. The highest BCUT2D eigenvalue weighted by Gasteiger charge is 2.28. The van der Waals surface area contributed by atoms with Crippen LogP contribution in [0.15, 0.2) is 24.3 Å². The average Bonchev–Trinajstić information content (AvgIpc) is 2.59. The summed E-state index contributed by atoms with van der Waals surface area (Å²) in [4.78, 5) is 24.3. The Morgan fingerprint density at radius 3 is 2.76 bits per heavy atom. The highest BCUT2D eigenvalue weighted by molar-refractivity contribution is 5.96. The fourth-order valence-electron chi connectivity index (χ4n) is 3.56. The van der Waals surface area contributed by atoms with Gasteiger partial charge in [0.25, 0.3) is 0 Å². The van der Waals surface area contributed by atoms with Crippen LogP contribution >= 0.6 is 12.4 Å². The molecule has 1 saturated heterocycles. The number of fused-ring (bicyclic) bond motifs is 1. The van der Waals surface area contributed by atoms with E-state index in [0.29, 0.717) is 12.8 Å². The first-order valence-corrected chi connectivity index (χ1v) is 8.92. The van der Waals surface area contributed by atoms with Gasteiger partial charge in [0, 0.05) is 24.6 Å². The lowest BCUT2D eigenvalue weighted by atomic mass is 9.81. The van der Waals surface area contributed by atoms with Gasteiger partial charge in [-0.25, -0.2) is 0 Å². The van der Waals surface area contributed by atoms with Gasteiger partial charge in [0.2, 0.25) is 11.8 Å². The summed E-state index contributed by atoms with van der Waals surface area (Å²) in [5, 5.41) is 9.37. The van der Waals surface area contributed by atoms with Crippen molar-refractivity contribution in [1.29, 1.82) is 0 Å². The van der Waals surface area contributed by atoms with E-state index in [4.69, 9.17) is 0 Å². The van der Waals surface area contributed by atoms with Crippen molar-refractivity contribution in [1.82, 2.24) is 10.6 Å². The van der Waals surface area contributed by atoms with Crippen LogP contribution in [0.1, 0.15) is 38.2 Å². The second-order valence-corrected chi connectivity index (χ2v) is 7.42. The Morgan fingerprint density at radius 1 is 1.28 bits per heavy atom. The number of amides is 2. The number of benzene rings is 1. The molecule has 2 heterocycles. The van der Waals surface area contributed by atoms with Crippen molar-refractivity contribution in [2.75, 3.05) is 25.0 Å². The summed E-state index contributed by atoms with van der Waals surface area (Å²) in [7, 11) is 0. The SMILES string of the molecule is CC1(CNC(=O)CCC2Cc3ccccc3NC2=O)CCNCC1.Cl. The molecule has 1 atom stereocenters. The molecule has 1 fully saturated rings. The summed E-state index contributed by atoms with van der Waals surface area (Å²) in [6.07, 6.45) is 3.92. The van der Waals surface area contributed by atoms with E-state index in [1.165, 1.54) is 0 Å². The number of rotatable bonds is 5. The standard InChI is InChI=1S/C19H27N3O2.ClH/c1-19(8-10-20-11-9-19)13-21-17(23)7-6-15-12-14-4-2-3-5-16(14)22-18(15)24;/h2-5,15,20H,6-13H2,1H3,(H,21,23)(H,22,24);1H. The Hall–Kier alpha value is -1.59. The van der Waals surface area contributed by atoms with Crippen molar-refractivity contribution in [2.45, 2.75) is 39.0 Å². The van der Waals surface area contributed by atoms with Crippen molar-refractivity contribution >= 4 is 29.9 Å². The molecule has 0 spiro atoms. The van der Waals surface area contributed by atoms with E-state index in [-0.39, 0.29) is 35.6 Å². The van der Waals surface area contributed by atoms with Gasteiger partial charge in [0.15, 0.2) is 0 Å². The Labute approximate surface area is 155 Å². The number of hydrogen-bond donors (Lipinski definition) is 3. The topological polar surface area (TPSA) is 70.2 Å². The molecule has 0 aromatic heterocycles. The second-order valence-electron chi connectivity index (χ2n) is 7.42. The average molecular weight is 366 g/mol. The Kier molecular flexibility index (Phi) is 6.85. The summed E-state index contributed by atoms with van der Waals surface area (Å²) in [6.45, 7) is 5.01. The molecule has 138 valence electrons. The normalized spacial score (nSPS) is 21.5. The molecule has 1 unspecified atom stereocenters. The van der Waals surface area contributed by atoms with Gasteiger partial charge in [0.1, 0.15) is 0 Å². The van der Waals surface area contributed by atoms with E-state index in [0.717, 1.165) is 50.1 Å². The molecule has 5 nitrogen and oxygen atoms in total. The molecular weight excluding hydrogens is 338 g/mol. The van der Waals surface area contributed by atoms with Gasteiger partial charge >= 0.3 is 0 Å². The predicted octanol–water partition coefficient (Wildman–Crippen LogP) is 2.51. The molecule has 25 heavy (non-hydrogen) atoms. The quantitative estimate of drug-likeness (QED) is 0.750. The lowest BCUT2D eigenvalue weighted by Crippen LogP contribution is -2.43. The van der Waals surface area contributed by atoms with Gasteiger partial charge in [-0.1, -0.05) is 25.1 Å². The molecule has 2 aliphatic rings. The summed E-state index contributed by atoms with van der Waals surface area (Å²) >= 11 is 0. The number of carbonyl (C=O) groups excluding carboxylic acids is 2. The number of carbonyl (C=O) groups is 2. The van der Waals surface area contributed by atoms with Crippen LogP contribution in [0.3, 0.4) is 0 Å². The zero-order valence-corrected chi connectivity index (χ0v) is 15.6. The molecular formula is C19H28ClN3O2. The second kappa shape index (κ2) is 8.68. The number of halogens is 1. The molecule has 2 aliphatic heterocycles. The van der Waals surface area contributed by atoms with Crippen molar-refractivity contribution in [3.8, 4) is 0 Å². The lowest BCUT2D eigenvalue weighted by molar-refractivity contribution is -0.123. The van der Waals surface area contributed by atoms with E-state index < -0.39 is 0 Å². The Morgan fingerprint density at radius 2 is 2.00 bits per heavy atom. The minimum Gasteiger partial charge on any atom is -0.356 e. The molecule has 2 amide bonds. The smallest absolute Gasteiger partial charge is 0.227 e. The monoisotopic (exact) mass is 365 g/mol. The molecule has 0 saturated carbocycles. The van der Waals surface area contributed by atoms with Crippen LogP contribution in [0.2, 0.25) is 0 Å². The van der Waals surface area contributed by atoms with Gasteiger partial charge < -0.3 is 16.0 Å². The maximum atomic E-state index is 12.2. The van der Waals surface area contributed by atoms with Crippen LogP contribution in [-0.2, 0) is 16.0 Å². The van der Waals surface area contributed by atoms with Crippen LogP contribution in [-0.4, -0.2) is 31.4 Å². The van der Waals surface area contributed by atoms with Gasteiger partial charge in [0.05, 0.1) is 0 Å². The number of nitrogens with one attached hydrogen (secondary N) is 3. The number of hydrogen-bond acceptors (Lipinski definition) is 3. The third kappa shape index (κ3) is 5.19. The van der Waals surface area contributed by atoms with Crippen LogP contribution in [0, 0.1) is 11.3 Å². The van der Waals surface area contributed by atoms with E-state index in [1.807, 2.05) is 24.3 Å². The maximum Gasteiger partial charge on any atom is 0.227 e. The predicted molar refractivity (Wildman–Crippen MR) is 102 cm³/mol. The maximum absolute atomic E-state index is 12.2. The first-order chi connectivity index (χ1) is 11.6. The number of piperidine rings is 1. The zero-order chi connectivity index (χ0) is 17.0. The van der Waals surface area contributed by atoms with Gasteiger partial charge in [-0.3, -0.25) is 9.59 Å². The van der Waals surface area contributed by atoms with Crippen LogP contribution in [0.5, 0.6) is 0 Å². The summed E-state index contributed by atoms with van der Waals surface area (Å²) in [5.74, 6) is -0.0200. The van der Waals surface area contributed by atoms with Gasteiger partial charge in [-0.15, -0.1) is 12.4 Å². The summed E-state index contributed by atoms with van der Waals surface area (Å²) in [5.41, 5.74) is 2.26. The molecule has 1 aromatic carbocycles. The van der Waals surface area contributed by atoms with Gasteiger partial charge in [-0.05, 0) is 55.8 Å². The zero-order valence-electron chi connectivity index (χ0n) is 14.8. The van der Waals surface area contributed by atoms with E-state index in [9.17, 15) is 9.59 Å². The number of anilines is 1. The fraction of sp³-hybridized carbons (Fsp3) is 0.579. The van der Waals surface area contributed by atoms with E-state index in [1.54, 1.807) is 0 Å². The third-order valence-corrected chi connectivity index (χ3v) is 5.36. The first-order valence-electron chi connectivity index (χ1n) is 8.92. The van der Waals surface area contributed by atoms with Crippen molar-refractivity contribution in [3.05, 3.63) is 29.8 Å². The molecule has 1 aromatic rings. The lowest BCUT2D eigenvalue weighted by Gasteiger charge is -2.34. The Balaban J connectivity index is 0.00000225. The number of para-hydroxylation sites is 1. The molecule has 0 bridgehead atoms. The third-order valence-electron chi connectivity index (χ3n) is 5.36. The van der Waals surface area contributed by atoms with Crippen molar-refractivity contribution in [2.24, 2.45) is 11.3 Å². The molecule has 0 aliphatic carbocycles. The minimum atomic E-state index is -0.111. The fourth-order valence-corrected chi connectivity index (χ4v) is 3.56. The molecule has 0 radical (unpaired) electrons. The highest BCUT2D eigenvalue weighted by atomic mass is 35.5. The van der Waals surface area contributed by atoms with Crippen molar-refractivity contribution in [3.63, 3.8) is 0 Å². The van der Waals surface area contributed by atoms with Crippen LogP contribution in [0.25, 0.3) is 0 Å². The van der Waals surface area contributed by atoms with Crippen LogP contribution in [0.4, 0.5) is 5.69 Å². The molecule has 3 rings (SSSR count). The van der Waals surface area contributed by atoms with Gasteiger partial charge in [-0.2, -0.15) is 0 Å². The minimum absolute atomic E-state index is 0. The summed E-state index contributed by atoms with van der Waals surface area (Å²) < 4.78 is 0. The van der Waals surface area contributed by atoms with Crippen LogP contribution < -0.4 is 16.0 Å². The molecule has 3 N–H and O–H groups in total. The van der Waals surface area contributed by atoms with Crippen molar-refractivity contribution < 1.29 is 9.59 Å². The van der Waals surface area contributed by atoms with E-state index >= 15 is 0 Å². The Bertz CT molecular complexity index is 614. The van der Waals surface area contributed by atoms with E-state index in [2.05, 4.69) is 22.9 Å². The molecule has 6 heteroatoms. The highest BCUT2D eigenvalue weighted by Crippen LogP contribution is 2.28. The summed E-state index contributed by atoms with van der Waals surface area (Å²) in [6, 6.07) is 7.88. The largest absolute Gasteiger partial charge is 0.356 e.